The Morgan fingerprint density at radius 3 is 2.35 bits per heavy atom. The minimum absolute atomic E-state index is 0.0165. The first-order valence-corrected chi connectivity index (χ1v) is 11.8. The van der Waals surface area contributed by atoms with Gasteiger partial charge in [0, 0.05) is 23.7 Å². The number of amides is 2. The topological polar surface area (TPSA) is 87.7 Å². The number of hydrogen-bond donors (Lipinski definition) is 2. The highest BCUT2D eigenvalue weighted by molar-refractivity contribution is 5.98. The number of nitrogens with zero attached hydrogens (tertiary/aromatic N) is 1. The molecule has 2 aromatic carbocycles. The largest absolute Gasteiger partial charge is 0.463 e. The number of benzene rings is 2. The maximum Gasteiger partial charge on any atom is 0.338 e. The van der Waals surface area contributed by atoms with Gasteiger partial charge >= 0.3 is 12.0 Å². The predicted molar refractivity (Wildman–Crippen MR) is 129 cm³/mol. The molecule has 0 radical (unpaired) electrons. The molecule has 178 valence electrons. The van der Waals surface area contributed by atoms with E-state index < -0.39 is 12.0 Å². The number of piperidine rings is 1. The molecule has 2 heterocycles. The Labute approximate surface area is 200 Å². The number of esters is 1. The molecule has 7 heteroatoms. The molecular formula is C27H31N3O4. The fourth-order valence-corrected chi connectivity index (χ4v) is 4.62. The van der Waals surface area contributed by atoms with E-state index in [0.29, 0.717) is 30.9 Å². The molecule has 2 amide bonds. The van der Waals surface area contributed by atoms with Gasteiger partial charge in [-0.3, -0.25) is 9.69 Å². The van der Waals surface area contributed by atoms with E-state index in [1.165, 1.54) is 0 Å². The van der Waals surface area contributed by atoms with Crippen molar-refractivity contribution in [2.24, 2.45) is 5.92 Å². The van der Waals surface area contributed by atoms with Gasteiger partial charge in [0.2, 0.25) is 0 Å². The molecule has 0 bridgehead atoms. The van der Waals surface area contributed by atoms with Crippen LogP contribution in [-0.4, -0.2) is 48.9 Å². The van der Waals surface area contributed by atoms with Gasteiger partial charge in [0.25, 0.3) is 0 Å². The number of rotatable bonds is 7. The van der Waals surface area contributed by atoms with E-state index >= 15 is 0 Å². The van der Waals surface area contributed by atoms with Gasteiger partial charge in [-0.25, -0.2) is 9.59 Å². The van der Waals surface area contributed by atoms with Crippen LogP contribution in [0.25, 0.3) is 0 Å². The molecule has 1 atom stereocenters. The van der Waals surface area contributed by atoms with Gasteiger partial charge in [-0.2, -0.15) is 0 Å². The first kappa shape index (κ1) is 23.7. The maximum atomic E-state index is 12.9. The van der Waals surface area contributed by atoms with E-state index in [2.05, 4.69) is 15.5 Å². The molecule has 0 aromatic heterocycles. The molecule has 0 saturated carbocycles. The zero-order valence-electron chi connectivity index (χ0n) is 19.7. The van der Waals surface area contributed by atoms with Crippen LogP contribution in [0.4, 0.5) is 4.79 Å². The third kappa shape index (κ3) is 5.37. The van der Waals surface area contributed by atoms with Crippen molar-refractivity contribution in [1.29, 1.82) is 0 Å². The summed E-state index contributed by atoms with van der Waals surface area (Å²) in [4.78, 5) is 40.5. The normalized spacial score (nSPS) is 19.4. The van der Waals surface area contributed by atoms with Crippen LogP contribution in [0, 0.1) is 12.8 Å². The lowest BCUT2D eigenvalue weighted by molar-refractivity contribution is -0.139. The monoisotopic (exact) mass is 461 g/mol. The molecule has 7 nitrogen and oxygen atoms in total. The highest BCUT2D eigenvalue weighted by Crippen LogP contribution is 2.29. The van der Waals surface area contributed by atoms with Crippen LogP contribution < -0.4 is 10.6 Å². The smallest absolute Gasteiger partial charge is 0.338 e. The van der Waals surface area contributed by atoms with Gasteiger partial charge in [0.1, 0.15) is 0 Å². The second-order valence-electron chi connectivity index (χ2n) is 8.84. The van der Waals surface area contributed by atoms with Crippen LogP contribution in [0.1, 0.15) is 47.3 Å². The number of nitrogens with one attached hydrogen (secondary N) is 2. The molecule has 2 aromatic rings. The highest BCUT2D eigenvalue weighted by Gasteiger charge is 2.35. The van der Waals surface area contributed by atoms with Crippen molar-refractivity contribution in [2.45, 2.75) is 32.7 Å². The summed E-state index contributed by atoms with van der Waals surface area (Å²) in [5.41, 5.74) is 3.69. The number of aryl methyl sites for hydroxylation is 1. The van der Waals surface area contributed by atoms with Gasteiger partial charge in [0.05, 0.1) is 18.2 Å². The Morgan fingerprint density at radius 2 is 1.71 bits per heavy atom. The highest BCUT2D eigenvalue weighted by atomic mass is 16.5. The summed E-state index contributed by atoms with van der Waals surface area (Å²) in [6.07, 6.45) is 1.48. The fourth-order valence-electron chi connectivity index (χ4n) is 4.62. The number of ketones is 1. The summed E-state index contributed by atoms with van der Waals surface area (Å²) in [7, 11) is 0. The molecule has 1 saturated heterocycles. The summed E-state index contributed by atoms with van der Waals surface area (Å²) < 4.78 is 5.34. The van der Waals surface area contributed by atoms with E-state index in [9.17, 15) is 14.4 Å². The first-order chi connectivity index (χ1) is 16.5. The molecule has 34 heavy (non-hydrogen) atoms. The average Bonchev–Trinajstić information content (AvgIpc) is 2.85. The Bertz CT molecular complexity index is 1070. The lowest BCUT2D eigenvalue weighted by Gasteiger charge is -2.35. The van der Waals surface area contributed by atoms with E-state index in [4.69, 9.17) is 4.74 Å². The van der Waals surface area contributed by atoms with Crippen LogP contribution in [0.3, 0.4) is 0 Å². The Kier molecular flexibility index (Phi) is 7.43. The van der Waals surface area contributed by atoms with E-state index in [1.807, 2.05) is 61.5 Å². The summed E-state index contributed by atoms with van der Waals surface area (Å²) in [6, 6.07) is 16.2. The standard InChI is InChI=1S/C27H31N3O4/c1-3-34-26(32)23-22(28-27(33)29-24(23)19-7-5-4-6-8-19)17-30-15-13-21(14-16-30)25(31)20-11-9-18(2)10-12-20/h4-12,21,24H,3,13-17H2,1-2H3,(H2,28,29,33). The lowest BCUT2D eigenvalue weighted by atomic mass is 9.88. The third-order valence-electron chi connectivity index (χ3n) is 6.46. The minimum atomic E-state index is -0.579. The second-order valence-corrected chi connectivity index (χ2v) is 8.84. The van der Waals surface area contributed by atoms with Crippen molar-refractivity contribution in [3.63, 3.8) is 0 Å². The predicted octanol–water partition coefficient (Wildman–Crippen LogP) is 3.76. The number of likely N-dealkylation sites (tertiary alicyclic amines) is 1. The quantitative estimate of drug-likeness (QED) is 0.484. The van der Waals surface area contributed by atoms with Crippen LogP contribution in [-0.2, 0) is 9.53 Å². The zero-order valence-corrected chi connectivity index (χ0v) is 19.7. The molecule has 1 unspecified atom stereocenters. The molecule has 1 fully saturated rings. The Morgan fingerprint density at radius 1 is 1.03 bits per heavy atom. The van der Waals surface area contributed by atoms with Gasteiger partial charge < -0.3 is 15.4 Å². The number of carbonyl (C=O) groups is 3. The van der Waals surface area contributed by atoms with Crippen LogP contribution in [0.15, 0.2) is 65.9 Å². The zero-order chi connectivity index (χ0) is 24.1. The molecule has 4 rings (SSSR count). The van der Waals surface area contributed by atoms with E-state index in [1.54, 1.807) is 6.92 Å². The maximum absolute atomic E-state index is 12.9. The van der Waals surface area contributed by atoms with Crippen LogP contribution in [0.5, 0.6) is 0 Å². The summed E-state index contributed by atoms with van der Waals surface area (Å²) in [5.74, 6) is -0.272. The van der Waals surface area contributed by atoms with Crippen molar-refractivity contribution in [1.82, 2.24) is 15.5 Å². The van der Waals surface area contributed by atoms with Gasteiger partial charge in [0.15, 0.2) is 5.78 Å². The molecule has 0 aliphatic carbocycles. The van der Waals surface area contributed by atoms with Crippen molar-refractivity contribution in [3.05, 3.63) is 82.6 Å². The van der Waals surface area contributed by atoms with E-state index in [0.717, 1.165) is 29.5 Å². The number of carbonyl (C=O) groups excluding carboxylic acids is 3. The molecule has 2 aliphatic rings. The first-order valence-electron chi connectivity index (χ1n) is 11.8. The lowest BCUT2D eigenvalue weighted by Crippen LogP contribution is -2.49. The average molecular weight is 462 g/mol. The summed E-state index contributed by atoms with van der Waals surface area (Å²) in [6.45, 7) is 5.85. The van der Waals surface area contributed by atoms with Gasteiger partial charge in [-0.1, -0.05) is 60.2 Å². The summed E-state index contributed by atoms with van der Waals surface area (Å²) >= 11 is 0. The van der Waals surface area contributed by atoms with Gasteiger partial charge in [-0.15, -0.1) is 0 Å². The SMILES string of the molecule is CCOC(=O)C1=C(CN2CCC(C(=O)c3ccc(C)cc3)CC2)NC(=O)NC1c1ccccc1. The Balaban J connectivity index is 1.50. The Hall–Kier alpha value is -3.45. The molecule has 0 spiro atoms. The number of hydrogen-bond acceptors (Lipinski definition) is 5. The minimum Gasteiger partial charge on any atom is -0.463 e. The van der Waals surface area contributed by atoms with Crippen LogP contribution in [0.2, 0.25) is 0 Å². The fraction of sp³-hybridized carbons (Fsp3) is 0.370. The summed E-state index contributed by atoms with van der Waals surface area (Å²) in [5, 5.41) is 5.70. The number of ether oxygens (including phenoxy) is 1. The second kappa shape index (κ2) is 10.7. The number of urea groups is 1. The van der Waals surface area contributed by atoms with E-state index in [-0.39, 0.29) is 24.3 Å². The molecular weight excluding hydrogens is 430 g/mol. The van der Waals surface area contributed by atoms with Gasteiger partial charge in [-0.05, 0) is 45.3 Å². The van der Waals surface area contributed by atoms with Crippen molar-refractivity contribution >= 4 is 17.8 Å². The van der Waals surface area contributed by atoms with Crippen molar-refractivity contribution in [3.8, 4) is 0 Å². The number of Topliss-reactive ketones (excluding diaryl/α,β-unsaturated/α-hetero) is 1. The molecule has 2 aliphatic heterocycles. The molecule has 2 N–H and O–H groups in total. The third-order valence-corrected chi connectivity index (χ3v) is 6.46. The van der Waals surface area contributed by atoms with Crippen LogP contribution >= 0.6 is 0 Å². The van der Waals surface area contributed by atoms with Crippen molar-refractivity contribution < 1.29 is 19.1 Å². The van der Waals surface area contributed by atoms with Crippen molar-refractivity contribution in [2.75, 3.05) is 26.2 Å².